The maximum atomic E-state index is 10.9. The van der Waals surface area contributed by atoms with Gasteiger partial charge in [0.2, 0.25) is 0 Å². The van der Waals surface area contributed by atoms with E-state index in [1.165, 1.54) is 7.11 Å². The number of nitrogens with zero attached hydrogens (tertiary/aromatic N) is 2. The van der Waals surface area contributed by atoms with E-state index in [2.05, 4.69) is 9.84 Å². The molecule has 0 bridgehead atoms. The quantitative estimate of drug-likeness (QED) is 0.758. The number of methoxy groups -OCH3 is 1. The van der Waals surface area contributed by atoms with Gasteiger partial charge in [-0.2, -0.15) is 5.10 Å². The Morgan fingerprint density at radius 1 is 1.67 bits per heavy atom. The molecule has 1 aromatic rings. The van der Waals surface area contributed by atoms with Crippen molar-refractivity contribution < 1.29 is 14.6 Å². The third-order valence-electron chi connectivity index (χ3n) is 2.12. The SMILES string of the molecule is COC(=O)C[C@@H](O)c1cnn(C(C)C)c1. The molecule has 0 radical (unpaired) electrons. The number of carbonyl (C=O) groups is 1. The third-order valence-corrected chi connectivity index (χ3v) is 2.12. The number of hydrogen-bond donors (Lipinski definition) is 1. The van der Waals surface area contributed by atoms with Crippen LogP contribution in [0.25, 0.3) is 0 Å². The Morgan fingerprint density at radius 2 is 2.33 bits per heavy atom. The minimum absolute atomic E-state index is 0.0414. The van der Waals surface area contributed by atoms with Crippen molar-refractivity contribution in [1.29, 1.82) is 0 Å². The zero-order valence-corrected chi connectivity index (χ0v) is 9.17. The van der Waals surface area contributed by atoms with Crippen LogP contribution in [0.2, 0.25) is 0 Å². The van der Waals surface area contributed by atoms with E-state index in [0.29, 0.717) is 5.56 Å². The van der Waals surface area contributed by atoms with Gasteiger partial charge in [0, 0.05) is 17.8 Å². The highest BCUT2D eigenvalue weighted by molar-refractivity contribution is 5.69. The van der Waals surface area contributed by atoms with Crippen LogP contribution < -0.4 is 0 Å². The Balaban J connectivity index is 2.65. The molecule has 0 fully saturated rings. The van der Waals surface area contributed by atoms with Gasteiger partial charge in [-0.25, -0.2) is 0 Å². The molecule has 15 heavy (non-hydrogen) atoms. The maximum absolute atomic E-state index is 10.9. The molecular formula is C10H16N2O3. The molecule has 1 atom stereocenters. The van der Waals surface area contributed by atoms with Crippen molar-refractivity contribution in [2.45, 2.75) is 32.4 Å². The second kappa shape index (κ2) is 4.93. The average Bonchev–Trinajstić information content (AvgIpc) is 2.66. The molecule has 1 rings (SSSR count). The first-order valence-corrected chi connectivity index (χ1v) is 4.83. The highest BCUT2D eigenvalue weighted by Crippen LogP contribution is 2.17. The number of hydrogen-bond acceptors (Lipinski definition) is 4. The van der Waals surface area contributed by atoms with E-state index in [1.807, 2.05) is 13.8 Å². The van der Waals surface area contributed by atoms with Crippen molar-refractivity contribution in [3.05, 3.63) is 18.0 Å². The van der Waals surface area contributed by atoms with Gasteiger partial charge in [-0.3, -0.25) is 9.48 Å². The molecule has 0 amide bonds. The summed E-state index contributed by atoms with van der Waals surface area (Å²) >= 11 is 0. The molecule has 0 unspecified atom stereocenters. The van der Waals surface area contributed by atoms with E-state index in [1.54, 1.807) is 17.1 Å². The zero-order valence-electron chi connectivity index (χ0n) is 9.17. The van der Waals surface area contributed by atoms with Crippen LogP contribution in [0, 0.1) is 0 Å². The molecular weight excluding hydrogens is 196 g/mol. The Labute approximate surface area is 88.7 Å². The molecule has 1 heterocycles. The lowest BCUT2D eigenvalue weighted by Gasteiger charge is -2.06. The first-order valence-electron chi connectivity index (χ1n) is 4.83. The third kappa shape index (κ3) is 3.06. The first kappa shape index (κ1) is 11.7. The summed E-state index contributed by atoms with van der Waals surface area (Å²) < 4.78 is 6.20. The second-order valence-corrected chi connectivity index (χ2v) is 3.64. The lowest BCUT2D eigenvalue weighted by Crippen LogP contribution is -2.07. The first-order chi connectivity index (χ1) is 7.04. The van der Waals surface area contributed by atoms with E-state index in [-0.39, 0.29) is 12.5 Å². The van der Waals surface area contributed by atoms with Crippen LogP contribution in [-0.4, -0.2) is 28.0 Å². The van der Waals surface area contributed by atoms with Crippen molar-refractivity contribution in [3.63, 3.8) is 0 Å². The number of aromatic nitrogens is 2. The van der Waals surface area contributed by atoms with Gasteiger partial charge >= 0.3 is 5.97 Å². The van der Waals surface area contributed by atoms with Gasteiger partial charge in [0.05, 0.1) is 25.8 Å². The van der Waals surface area contributed by atoms with Gasteiger partial charge in [0.15, 0.2) is 0 Å². The number of carbonyl (C=O) groups excluding carboxylic acids is 1. The highest BCUT2D eigenvalue weighted by atomic mass is 16.5. The van der Waals surface area contributed by atoms with E-state index in [4.69, 9.17) is 0 Å². The largest absolute Gasteiger partial charge is 0.469 e. The zero-order chi connectivity index (χ0) is 11.4. The van der Waals surface area contributed by atoms with Crippen LogP contribution in [0.3, 0.4) is 0 Å². The fourth-order valence-electron chi connectivity index (χ4n) is 1.17. The Hall–Kier alpha value is -1.36. The van der Waals surface area contributed by atoms with Gasteiger partial charge in [-0.15, -0.1) is 0 Å². The Bertz CT molecular complexity index is 333. The summed E-state index contributed by atoms with van der Waals surface area (Å²) in [7, 11) is 1.30. The van der Waals surface area contributed by atoms with Crippen molar-refractivity contribution in [1.82, 2.24) is 9.78 Å². The minimum atomic E-state index is -0.843. The van der Waals surface area contributed by atoms with Crippen molar-refractivity contribution in [2.75, 3.05) is 7.11 Å². The monoisotopic (exact) mass is 212 g/mol. The molecule has 0 aliphatic carbocycles. The molecule has 0 saturated heterocycles. The summed E-state index contributed by atoms with van der Waals surface area (Å²) in [5, 5.41) is 13.7. The molecule has 1 aromatic heterocycles. The normalized spacial score (nSPS) is 12.9. The van der Waals surface area contributed by atoms with Crippen LogP contribution in [0.5, 0.6) is 0 Å². The Morgan fingerprint density at radius 3 is 2.80 bits per heavy atom. The molecule has 0 spiro atoms. The Kier molecular flexibility index (Phi) is 3.85. The number of aliphatic hydroxyl groups is 1. The molecule has 0 aromatic carbocycles. The molecule has 1 N–H and O–H groups in total. The van der Waals surface area contributed by atoms with E-state index < -0.39 is 12.1 Å². The van der Waals surface area contributed by atoms with Gasteiger partial charge in [-0.1, -0.05) is 0 Å². The van der Waals surface area contributed by atoms with E-state index in [9.17, 15) is 9.90 Å². The van der Waals surface area contributed by atoms with Gasteiger partial charge < -0.3 is 9.84 Å². The summed E-state index contributed by atoms with van der Waals surface area (Å²) in [5.74, 6) is -0.431. The highest BCUT2D eigenvalue weighted by Gasteiger charge is 2.15. The van der Waals surface area contributed by atoms with E-state index in [0.717, 1.165) is 0 Å². The van der Waals surface area contributed by atoms with Crippen LogP contribution in [-0.2, 0) is 9.53 Å². The maximum Gasteiger partial charge on any atom is 0.308 e. The number of esters is 1. The topological polar surface area (TPSA) is 64.3 Å². The number of rotatable bonds is 4. The van der Waals surface area contributed by atoms with Crippen LogP contribution in [0.15, 0.2) is 12.4 Å². The molecule has 0 aliphatic rings. The predicted octanol–water partition coefficient (Wildman–Crippen LogP) is 1.06. The number of ether oxygens (including phenoxy) is 1. The minimum Gasteiger partial charge on any atom is -0.469 e. The van der Waals surface area contributed by atoms with Gasteiger partial charge in [0.25, 0.3) is 0 Å². The lowest BCUT2D eigenvalue weighted by molar-refractivity contribution is -0.142. The van der Waals surface area contributed by atoms with Crippen LogP contribution in [0.4, 0.5) is 0 Å². The molecule has 0 aliphatic heterocycles. The number of aliphatic hydroxyl groups excluding tert-OH is 1. The summed E-state index contributed by atoms with van der Waals surface area (Å²) in [6.45, 7) is 3.98. The predicted molar refractivity (Wildman–Crippen MR) is 54.2 cm³/mol. The summed E-state index contributed by atoms with van der Waals surface area (Å²) in [6, 6.07) is 0.240. The summed E-state index contributed by atoms with van der Waals surface area (Å²) in [5.41, 5.74) is 0.633. The van der Waals surface area contributed by atoms with Crippen LogP contribution in [0.1, 0.15) is 38.0 Å². The molecule has 0 saturated carbocycles. The average molecular weight is 212 g/mol. The summed E-state index contributed by atoms with van der Waals surface area (Å²) in [4.78, 5) is 10.9. The van der Waals surface area contributed by atoms with Crippen LogP contribution >= 0.6 is 0 Å². The fraction of sp³-hybridized carbons (Fsp3) is 0.600. The van der Waals surface area contributed by atoms with Crippen molar-refractivity contribution >= 4 is 5.97 Å². The smallest absolute Gasteiger partial charge is 0.308 e. The molecule has 5 nitrogen and oxygen atoms in total. The standard InChI is InChI=1S/C10H16N2O3/c1-7(2)12-6-8(5-11-12)9(13)4-10(14)15-3/h5-7,9,13H,4H2,1-3H3/t9-/m1/s1. The second-order valence-electron chi connectivity index (χ2n) is 3.64. The van der Waals surface area contributed by atoms with Gasteiger partial charge in [-0.05, 0) is 13.8 Å². The van der Waals surface area contributed by atoms with Crippen molar-refractivity contribution in [2.24, 2.45) is 0 Å². The lowest BCUT2D eigenvalue weighted by atomic mass is 10.1. The fourth-order valence-corrected chi connectivity index (χ4v) is 1.17. The van der Waals surface area contributed by atoms with Gasteiger partial charge in [0.1, 0.15) is 0 Å². The molecule has 84 valence electrons. The van der Waals surface area contributed by atoms with Crippen molar-refractivity contribution in [3.8, 4) is 0 Å². The summed E-state index contributed by atoms with van der Waals surface area (Å²) in [6.07, 6.45) is 2.41. The molecule has 5 heteroatoms. The van der Waals surface area contributed by atoms with E-state index >= 15 is 0 Å².